The highest BCUT2D eigenvalue weighted by molar-refractivity contribution is 6.06. The average Bonchev–Trinajstić information content (AvgIpc) is 3.31. The maximum Gasteiger partial charge on any atom is 0.278 e. The van der Waals surface area contributed by atoms with Gasteiger partial charge in [0.15, 0.2) is 11.5 Å². The van der Waals surface area contributed by atoms with Crippen molar-refractivity contribution in [1.29, 1.82) is 0 Å². The van der Waals surface area contributed by atoms with Crippen molar-refractivity contribution in [2.75, 3.05) is 13.7 Å². The lowest BCUT2D eigenvalue weighted by molar-refractivity contribution is 0.0966. The lowest BCUT2D eigenvalue weighted by atomic mass is 10.1. The van der Waals surface area contributed by atoms with E-state index < -0.39 is 5.91 Å². The van der Waals surface area contributed by atoms with Crippen LogP contribution in [-0.2, 0) is 4.74 Å². The van der Waals surface area contributed by atoms with Crippen LogP contribution in [0.25, 0.3) is 11.3 Å². The molecule has 0 spiro atoms. The first-order chi connectivity index (χ1) is 13.9. The smallest absolute Gasteiger partial charge is 0.278 e. The lowest BCUT2D eigenvalue weighted by Gasteiger charge is -2.12. The van der Waals surface area contributed by atoms with Crippen LogP contribution in [0, 0.1) is 18.7 Å². The van der Waals surface area contributed by atoms with Crippen molar-refractivity contribution >= 4 is 17.6 Å². The summed E-state index contributed by atoms with van der Waals surface area (Å²) < 4.78 is 23.2. The Balaban J connectivity index is 1.81. The van der Waals surface area contributed by atoms with E-state index in [0.717, 1.165) is 5.56 Å². The minimum absolute atomic E-state index is 0.119. The molecule has 3 rings (SSSR count). The highest BCUT2D eigenvalue weighted by Gasteiger charge is 2.16. The van der Waals surface area contributed by atoms with Gasteiger partial charge in [-0.25, -0.2) is 9.38 Å². The number of aliphatic imine (C=N–C) groups is 1. The van der Waals surface area contributed by atoms with E-state index in [4.69, 9.17) is 9.26 Å². The van der Waals surface area contributed by atoms with E-state index in [2.05, 4.69) is 25.7 Å². The fourth-order valence-electron chi connectivity index (χ4n) is 2.75. The molecule has 0 aliphatic carbocycles. The summed E-state index contributed by atoms with van der Waals surface area (Å²) in [7, 11) is 1.62. The van der Waals surface area contributed by atoms with E-state index in [1.807, 2.05) is 6.92 Å². The molecule has 2 N–H and O–H groups in total. The van der Waals surface area contributed by atoms with Gasteiger partial charge in [-0.2, -0.15) is 5.10 Å². The van der Waals surface area contributed by atoms with Crippen molar-refractivity contribution in [3.63, 3.8) is 0 Å². The highest BCUT2D eigenvalue weighted by Crippen LogP contribution is 2.22. The van der Waals surface area contributed by atoms with Gasteiger partial charge in [0.2, 0.25) is 0 Å². The van der Waals surface area contributed by atoms with Crippen LogP contribution in [0.1, 0.15) is 29.6 Å². The Bertz CT molecular complexity index is 994. The topological polar surface area (TPSA) is 105 Å². The van der Waals surface area contributed by atoms with E-state index in [-0.39, 0.29) is 17.4 Å². The number of amidine groups is 1. The van der Waals surface area contributed by atoms with Crippen LogP contribution in [0.2, 0.25) is 0 Å². The van der Waals surface area contributed by atoms with Gasteiger partial charge in [-0.3, -0.25) is 9.89 Å². The van der Waals surface area contributed by atoms with Gasteiger partial charge >= 0.3 is 0 Å². The standard InChI is InChI=1S/C20H22FN5O3/c1-12(11-28-3)8-18(23-20(27)17-9-13(2)29-26-17)22-19-10-16(24-25-19)14-4-6-15(21)7-5-14/h4-7,9-10,12H,8,11H2,1-3H3,(H2,22,23,24,25,27)/t12-/m1/s1. The fraction of sp³-hybridized carbons (Fsp3) is 0.300. The Morgan fingerprint density at radius 3 is 2.76 bits per heavy atom. The van der Waals surface area contributed by atoms with Crippen molar-refractivity contribution in [1.82, 2.24) is 20.7 Å². The lowest BCUT2D eigenvalue weighted by Crippen LogP contribution is -2.32. The zero-order chi connectivity index (χ0) is 20.8. The summed E-state index contributed by atoms with van der Waals surface area (Å²) in [6.07, 6.45) is 0.467. The second-order valence-corrected chi connectivity index (χ2v) is 6.75. The number of aryl methyl sites for hydroxylation is 1. The van der Waals surface area contributed by atoms with Gasteiger partial charge in [-0.15, -0.1) is 0 Å². The van der Waals surface area contributed by atoms with E-state index in [1.54, 1.807) is 38.3 Å². The molecule has 0 unspecified atom stereocenters. The molecule has 0 saturated heterocycles. The molecule has 152 valence electrons. The zero-order valence-corrected chi connectivity index (χ0v) is 16.4. The minimum Gasteiger partial charge on any atom is -0.384 e. The Morgan fingerprint density at radius 2 is 2.10 bits per heavy atom. The normalized spacial score (nSPS) is 12.8. The van der Waals surface area contributed by atoms with Gasteiger partial charge in [0.05, 0.1) is 5.69 Å². The quantitative estimate of drug-likeness (QED) is 0.466. The van der Waals surface area contributed by atoms with Crippen LogP contribution in [0.4, 0.5) is 10.2 Å². The summed E-state index contributed by atoms with van der Waals surface area (Å²) in [5.74, 6) is 0.746. The van der Waals surface area contributed by atoms with Gasteiger partial charge < -0.3 is 14.6 Å². The number of hydrogen-bond donors (Lipinski definition) is 2. The maximum atomic E-state index is 13.1. The summed E-state index contributed by atoms with van der Waals surface area (Å²) in [5, 5.41) is 13.5. The van der Waals surface area contributed by atoms with Crippen molar-refractivity contribution in [3.05, 3.63) is 53.7 Å². The summed E-state index contributed by atoms with van der Waals surface area (Å²) in [6.45, 7) is 4.21. The largest absolute Gasteiger partial charge is 0.384 e. The molecule has 1 aromatic carbocycles. The van der Waals surface area contributed by atoms with Crippen LogP contribution in [-0.4, -0.2) is 40.8 Å². The summed E-state index contributed by atoms with van der Waals surface area (Å²) >= 11 is 0. The molecule has 0 aliphatic heterocycles. The SMILES string of the molecule is COC[C@H](C)CC(=Nc1cc(-c2ccc(F)cc2)[nH]n1)NC(=O)c1cc(C)on1. The number of nitrogens with zero attached hydrogens (tertiary/aromatic N) is 3. The van der Waals surface area contributed by atoms with E-state index in [1.165, 1.54) is 12.1 Å². The van der Waals surface area contributed by atoms with Gasteiger partial charge in [-0.05, 0) is 42.7 Å². The van der Waals surface area contributed by atoms with Crippen LogP contribution in [0.5, 0.6) is 0 Å². The predicted octanol–water partition coefficient (Wildman–Crippen LogP) is 3.64. The number of H-pyrrole nitrogens is 1. The summed E-state index contributed by atoms with van der Waals surface area (Å²) in [5.41, 5.74) is 1.63. The summed E-state index contributed by atoms with van der Waals surface area (Å²) in [4.78, 5) is 16.9. The molecule has 2 aromatic heterocycles. The van der Waals surface area contributed by atoms with Crippen LogP contribution in [0.15, 0.2) is 45.9 Å². The number of aromatic nitrogens is 3. The molecule has 9 heteroatoms. The molecular weight excluding hydrogens is 377 g/mol. The molecule has 2 heterocycles. The molecule has 0 aliphatic rings. The van der Waals surface area contributed by atoms with Gasteiger partial charge in [0.1, 0.15) is 17.4 Å². The van der Waals surface area contributed by atoms with E-state index in [0.29, 0.717) is 36.1 Å². The van der Waals surface area contributed by atoms with Gasteiger partial charge in [-0.1, -0.05) is 12.1 Å². The number of carbonyl (C=O) groups excluding carboxylic acids is 1. The van der Waals surface area contributed by atoms with Crippen molar-refractivity contribution < 1.29 is 18.4 Å². The molecule has 3 aromatic rings. The average molecular weight is 399 g/mol. The Morgan fingerprint density at radius 1 is 1.34 bits per heavy atom. The molecule has 0 fully saturated rings. The summed E-state index contributed by atoms with van der Waals surface area (Å²) in [6, 6.07) is 9.31. The number of aromatic amines is 1. The Labute approximate surface area is 167 Å². The zero-order valence-electron chi connectivity index (χ0n) is 16.4. The molecule has 0 saturated carbocycles. The fourth-order valence-corrected chi connectivity index (χ4v) is 2.75. The maximum absolute atomic E-state index is 13.1. The number of ether oxygens (including phenoxy) is 1. The van der Waals surface area contributed by atoms with Gasteiger partial charge in [0.25, 0.3) is 5.91 Å². The first-order valence-corrected chi connectivity index (χ1v) is 9.07. The third kappa shape index (κ3) is 5.58. The highest BCUT2D eigenvalue weighted by atomic mass is 19.1. The number of nitrogens with one attached hydrogen (secondary N) is 2. The monoisotopic (exact) mass is 399 g/mol. The van der Waals surface area contributed by atoms with Crippen molar-refractivity contribution in [3.8, 4) is 11.3 Å². The van der Waals surface area contributed by atoms with Crippen molar-refractivity contribution in [2.45, 2.75) is 20.3 Å². The van der Waals surface area contributed by atoms with Crippen LogP contribution >= 0.6 is 0 Å². The Kier molecular flexibility index (Phi) is 6.50. The number of benzene rings is 1. The van der Waals surface area contributed by atoms with Crippen LogP contribution < -0.4 is 5.32 Å². The van der Waals surface area contributed by atoms with Crippen LogP contribution in [0.3, 0.4) is 0 Å². The Hall–Kier alpha value is -3.33. The predicted molar refractivity (Wildman–Crippen MR) is 105 cm³/mol. The number of carbonyl (C=O) groups is 1. The molecule has 29 heavy (non-hydrogen) atoms. The minimum atomic E-state index is -0.417. The van der Waals surface area contributed by atoms with E-state index in [9.17, 15) is 9.18 Å². The molecule has 0 radical (unpaired) electrons. The number of hydrogen-bond acceptors (Lipinski definition) is 6. The molecule has 1 atom stereocenters. The third-order valence-electron chi connectivity index (χ3n) is 4.08. The molecule has 0 bridgehead atoms. The van der Waals surface area contributed by atoms with Crippen molar-refractivity contribution in [2.24, 2.45) is 10.9 Å². The first-order valence-electron chi connectivity index (χ1n) is 9.07. The number of halogens is 1. The number of amides is 1. The molecule has 1 amide bonds. The second-order valence-electron chi connectivity index (χ2n) is 6.75. The third-order valence-corrected chi connectivity index (χ3v) is 4.08. The first kappa shape index (κ1) is 20.4. The van der Waals surface area contributed by atoms with E-state index >= 15 is 0 Å². The molecular formula is C20H22FN5O3. The number of methoxy groups -OCH3 is 1. The second kappa shape index (κ2) is 9.24. The van der Waals surface area contributed by atoms with Gasteiger partial charge in [0, 0.05) is 32.3 Å². The molecule has 8 nitrogen and oxygen atoms in total. The number of rotatable bonds is 7.